The van der Waals surface area contributed by atoms with Crippen molar-refractivity contribution in [2.24, 2.45) is 0 Å². The number of imide groups is 1. The molecule has 0 radical (unpaired) electrons. The van der Waals surface area contributed by atoms with Crippen LogP contribution in [0.5, 0.6) is 11.5 Å². The van der Waals surface area contributed by atoms with E-state index in [9.17, 15) is 19.2 Å². The number of hydrogen-bond acceptors (Lipinski definition) is 9. The summed E-state index contributed by atoms with van der Waals surface area (Å²) in [6.45, 7) is 3.77. The number of amides is 3. The molecule has 2 heterocycles. The van der Waals surface area contributed by atoms with E-state index < -0.39 is 29.6 Å². The maximum atomic E-state index is 13.3. The minimum Gasteiger partial charge on any atom is -0.490 e. The van der Waals surface area contributed by atoms with Crippen LogP contribution in [0.1, 0.15) is 58.6 Å². The number of thioether (sulfide) groups is 1. The summed E-state index contributed by atoms with van der Waals surface area (Å²) < 4.78 is 17.7. The zero-order chi connectivity index (χ0) is 33.0. The number of anilines is 1. The molecule has 2 aliphatic rings. The van der Waals surface area contributed by atoms with Gasteiger partial charge in [0.25, 0.3) is 11.1 Å². The predicted molar refractivity (Wildman–Crippen MR) is 184 cm³/mol. The number of aryl methyl sites for hydroxylation is 1. The number of fused-ring (bicyclic) bond motifs is 1. The lowest BCUT2D eigenvalue weighted by Gasteiger charge is -2.15. The van der Waals surface area contributed by atoms with Crippen molar-refractivity contribution in [2.45, 2.75) is 46.1 Å². The minimum absolute atomic E-state index is 0.146. The molecule has 0 atom stereocenters. The maximum absolute atomic E-state index is 13.3. The Hall–Kier alpha value is -3.03. The van der Waals surface area contributed by atoms with E-state index in [0.717, 1.165) is 58.3 Å². The first-order valence-electron chi connectivity index (χ1n) is 14.5. The lowest BCUT2D eigenvalue weighted by molar-refractivity contribution is -0.127. The number of benzene rings is 2. The summed E-state index contributed by atoms with van der Waals surface area (Å²) in [5.41, 5.74) is 2.58. The van der Waals surface area contributed by atoms with E-state index in [1.165, 1.54) is 11.3 Å². The van der Waals surface area contributed by atoms with Crippen LogP contribution in [-0.2, 0) is 33.8 Å². The molecule has 1 aromatic heterocycles. The first kappa shape index (κ1) is 34.3. The average molecular weight is 769 g/mol. The zero-order valence-electron chi connectivity index (χ0n) is 24.9. The number of carbonyl (C=O) groups excluding carboxylic acids is 4. The Bertz CT molecular complexity index is 1740. The maximum Gasteiger partial charge on any atom is 0.341 e. The van der Waals surface area contributed by atoms with Crippen LogP contribution >= 0.6 is 62.2 Å². The second-order valence-corrected chi connectivity index (χ2v) is 14.0. The van der Waals surface area contributed by atoms with E-state index >= 15 is 0 Å². The quantitative estimate of drug-likeness (QED) is 0.153. The summed E-state index contributed by atoms with van der Waals surface area (Å²) in [4.78, 5) is 54.1. The van der Waals surface area contributed by atoms with Gasteiger partial charge in [0.2, 0.25) is 5.91 Å². The van der Waals surface area contributed by atoms with Crippen LogP contribution in [0.25, 0.3) is 6.08 Å². The van der Waals surface area contributed by atoms with Crippen molar-refractivity contribution in [3.63, 3.8) is 0 Å². The smallest absolute Gasteiger partial charge is 0.341 e. The van der Waals surface area contributed by atoms with Gasteiger partial charge >= 0.3 is 5.97 Å². The molecule has 1 saturated heterocycles. The summed E-state index contributed by atoms with van der Waals surface area (Å²) in [6, 6.07) is 8.56. The molecule has 3 aromatic rings. The molecule has 1 N–H and O–H groups in total. The number of nitrogens with zero attached hydrogens (tertiary/aromatic N) is 1. The van der Waals surface area contributed by atoms with Gasteiger partial charge in [-0.15, -0.1) is 11.3 Å². The second kappa shape index (κ2) is 15.2. The molecule has 9 nitrogen and oxygen atoms in total. The molecule has 0 saturated carbocycles. The van der Waals surface area contributed by atoms with Gasteiger partial charge in [-0.05, 0) is 109 Å². The Morgan fingerprint density at radius 2 is 1.85 bits per heavy atom. The number of rotatable bonds is 11. The molecular formula is C32H29BrCl2N2O7S2. The molecule has 0 unspecified atom stereocenters. The fraction of sp³-hybridized carbons (Fsp3) is 0.312. The number of esters is 1. The van der Waals surface area contributed by atoms with Gasteiger partial charge in [0.05, 0.1) is 28.2 Å². The van der Waals surface area contributed by atoms with E-state index in [0.29, 0.717) is 48.8 Å². The van der Waals surface area contributed by atoms with Crippen LogP contribution in [0.2, 0.25) is 10.0 Å². The first-order valence-corrected chi connectivity index (χ1v) is 17.7. The van der Waals surface area contributed by atoms with Crippen LogP contribution in [-0.4, -0.2) is 47.7 Å². The SMILES string of the molecule is CCOC(=O)c1c(NC(=O)CN2C(=O)SC(=Cc3cc(Br)c(OCc4ccc(Cl)cc4Cl)c(OCC)c3)C2=O)sc2c1CCCC2. The average Bonchev–Trinajstić information content (AvgIpc) is 3.49. The van der Waals surface area contributed by atoms with E-state index in [4.69, 9.17) is 37.4 Å². The molecule has 3 amide bonds. The molecule has 0 spiro atoms. The highest BCUT2D eigenvalue weighted by Crippen LogP contribution is 2.41. The van der Waals surface area contributed by atoms with Crippen molar-refractivity contribution >= 4 is 96.3 Å². The summed E-state index contributed by atoms with van der Waals surface area (Å²) >= 11 is 17.9. The van der Waals surface area contributed by atoms with E-state index in [1.807, 2.05) is 6.92 Å². The lowest BCUT2D eigenvalue weighted by atomic mass is 9.95. The summed E-state index contributed by atoms with van der Waals surface area (Å²) in [7, 11) is 0. The van der Waals surface area contributed by atoms with Crippen LogP contribution in [0.4, 0.5) is 9.80 Å². The van der Waals surface area contributed by atoms with Crippen LogP contribution in [0, 0.1) is 0 Å². The number of hydrogen-bond donors (Lipinski definition) is 1. The van der Waals surface area contributed by atoms with Crippen molar-refractivity contribution < 1.29 is 33.4 Å². The van der Waals surface area contributed by atoms with E-state index in [-0.39, 0.29) is 18.1 Å². The van der Waals surface area contributed by atoms with E-state index in [2.05, 4.69) is 21.2 Å². The highest BCUT2D eigenvalue weighted by atomic mass is 79.9. The lowest BCUT2D eigenvalue weighted by Crippen LogP contribution is -2.36. The second-order valence-electron chi connectivity index (χ2n) is 10.2. The van der Waals surface area contributed by atoms with Gasteiger partial charge in [-0.1, -0.05) is 29.3 Å². The molecule has 46 heavy (non-hydrogen) atoms. The third-order valence-electron chi connectivity index (χ3n) is 7.10. The summed E-state index contributed by atoms with van der Waals surface area (Å²) in [5, 5.41) is 3.55. The molecule has 1 fully saturated rings. The third kappa shape index (κ3) is 7.74. The number of thiophene rings is 1. The van der Waals surface area contributed by atoms with Gasteiger partial charge in [-0.2, -0.15) is 0 Å². The fourth-order valence-electron chi connectivity index (χ4n) is 5.03. The predicted octanol–water partition coefficient (Wildman–Crippen LogP) is 8.53. The van der Waals surface area contributed by atoms with Crippen LogP contribution in [0.3, 0.4) is 0 Å². The van der Waals surface area contributed by atoms with Gasteiger partial charge < -0.3 is 19.5 Å². The van der Waals surface area contributed by atoms with Gasteiger partial charge in [0.15, 0.2) is 11.5 Å². The largest absolute Gasteiger partial charge is 0.490 e. The zero-order valence-corrected chi connectivity index (χ0v) is 29.6. The van der Waals surface area contributed by atoms with Gasteiger partial charge in [0, 0.05) is 20.5 Å². The number of nitrogens with one attached hydrogen (secondary N) is 1. The van der Waals surface area contributed by atoms with Crippen LogP contribution in [0.15, 0.2) is 39.7 Å². The number of ether oxygens (including phenoxy) is 3. The van der Waals surface area contributed by atoms with Crippen LogP contribution < -0.4 is 14.8 Å². The Morgan fingerprint density at radius 1 is 1.07 bits per heavy atom. The van der Waals surface area contributed by atoms with Crippen molar-refractivity contribution in [2.75, 3.05) is 25.1 Å². The molecule has 1 aliphatic heterocycles. The Balaban J connectivity index is 1.31. The molecule has 242 valence electrons. The molecule has 1 aliphatic carbocycles. The van der Waals surface area contributed by atoms with E-state index in [1.54, 1.807) is 43.3 Å². The van der Waals surface area contributed by atoms with Crippen molar-refractivity contribution in [1.82, 2.24) is 4.90 Å². The van der Waals surface area contributed by atoms with Crippen molar-refractivity contribution in [1.29, 1.82) is 0 Å². The summed E-state index contributed by atoms with van der Waals surface area (Å²) in [6.07, 6.45) is 5.06. The minimum atomic E-state index is -0.604. The summed E-state index contributed by atoms with van der Waals surface area (Å²) in [5.74, 6) is -0.825. The van der Waals surface area contributed by atoms with Gasteiger partial charge in [-0.3, -0.25) is 19.3 Å². The van der Waals surface area contributed by atoms with Gasteiger partial charge in [0.1, 0.15) is 18.2 Å². The highest BCUT2D eigenvalue weighted by molar-refractivity contribution is 9.10. The first-order chi connectivity index (χ1) is 22.1. The normalized spacial score (nSPS) is 15.2. The monoisotopic (exact) mass is 766 g/mol. The topological polar surface area (TPSA) is 111 Å². The number of carbonyl (C=O) groups is 4. The fourth-order valence-corrected chi connectivity index (χ4v) is 8.20. The standard InChI is InChI=1S/C32H29BrCl2N2O7S2/c1-3-42-23-12-17(11-21(33)28(23)44-16-18-9-10-19(34)14-22(18)35)13-25-30(39)37(32(41)46-25)15-26(38)36-29-27(31(40)43-4-2)20-7-5-6-8-24(20)45-29/h9-14H,3-8,15-16H2,1-2H3,(H,36,38). The molecule has 14 heteroatoms. The Labute approximate surface area is 292 Å². The molecule has 0 bridgehead atoms. The Kier molecular flexibility index (Phi) is 11.4. The number of halogens is 3. The van der Waals surface area contributed by atoms with Crippen molar-refractivity contribution in [3.8, 4) is 11.5 Å². The molecule has 2 aromatic carbocycles. The molecular weight excluding hydrogens is 739 g/mol. The Morgan fingerprint density at radius 3 is 2.59 bits per heavy atom. The van der Waals surface area contributed by atoms with Crippen molar-refractivity contribution in [3.05, 3.63) is 76.9 Å². The van der Waals surface area contributed by atoms with Gasteiger partial charge in [-0.25, -0.2) is 4.79 Å². The highest BCUT2D eigenvalue weighted by Gasteiger charge is 2.37. The third-order valence-corrected chi connectivity index (χ3v) is 10.4. The molecule has 5 rings (SSSR count).